The molecule has 0 aliphatic rings. The predicted octanol–water partition coefficient (Wildman–Crippen LogP) is 2.36. The highest BCUT2D eigenvalue weighted by Gasteiger charge is 2.09. The molecule has 2 atom stereocenters. The second kappa shape index (κ2) is 6.66. The van der Waals surface area contributed by atoms with Gasteiger partial charge in [0, 0.05) is 19.2 Å². The monoisotopic (exact) mass is 221 g/mol. The fourth-order valence-electron chi connectivity index (χ4n) is 1.53. The van der Waals surface area contributed by atoms with E-state index in [0.717, 1.165) is 13.0 Å². The van der Waals surface area contributed by atoms with Crippen molar-refractivity contribution in [2.45, 2.75) is 39.8 Å². The van der Waals surface area contributed by atoms with Crippen molar-refractivity contribution < 1.29 is 5.11 Å². The fraction of sp³-hybridized carbons (Fsp3) is 0.571. The summed E-state index contributed by atoms with van der Waals surface area (Å²) in [4.78, 5) is 0. The lowest BCUT2D eigenvalue weighted by Gasteiger charge is -2.19. The summed E-state index contributed by atoms with van der Waals surface area (Å²) in [6.07, 6.45) is 1.09. The van der Waals surface area contributed by atoms with Crippen molar-refractivity contribution in [3.8, 4) is 0 Å². The highest BCUT2D eigenvalue weighted by Crippen LogP contribution is 2.06. The predicted molar refractivity (Wildman–Crippen MR) is 68.4 cm³/mol. The zero-order chi connectivity index (χ0) is 12.0. The number of rotatable bonds is 6. The maximum absolute atomic E-state index is 9.03. The van der Waals surface area contributed by atoms with E-state index >= 15 is 0 Å². The van der Waals surface area contributed by atoms with Crippen LogP contribution in [0.4, 0.5) is 0 Å². The second-order valence-electron chi connectivity index (χ2n) is 4.50. The molecule has 2 N–H and O–H groups in total. The van der Waals surface area contributed by atoms with Gasteiger partial charge in [0.2, 0.25) is 0 Å². The molecule has 0 saturated carbocycles. The minimum atomic E-state index is 0.239. The molecule has 0 amide bonds. The van der Waals surface area contributed by atoms with Gasteiger partial charge in [-0.25, -0.2) is 0 Å². The third kappa shape index (κ3) is 3.95. The third-order valence-corrected chi connectivity index (χ3v) is 3.20. The topological polar surface area (TPSA) is 32.3 Å². The Balaban J connectivity index is 2.42. The molecule has 2 nitrogen and oxygen atoms in total. The van der Waals surface area contributed by atoms with Crippen LogP contribution in [0.15, 0.2) is 24.3 Å². The standard InChI is InChI=1S/C14H23NO/c1-4-13-5-7-14(8-6-13)9-15-12(3)11(2)10-16/h5-8,11-12,15-16H,4,9-10H2,1-3H3. The van der Waals surface area contributed by atoms with Gasteiger partial charge in [-0.05, 0) is 30.4 Å². The normalized spacial score (nSPS) is 14.8. The van der Waals surface area contributed by atoms with Crippen LogP contribution in [0.3, 0.4) is 0 Å². The average Bonchev–Trinajstić information content (AvgIpc) is 2.35. The summed E-state index contributed by atoms with van der Waals surface area (Å²) in [5.41, 5.74) is 2.68. The molecule has 0 bridgehead atoms. The van der Waals surface area contributed by atoms with Crippen LogP contribution < -0.4 is 5.32 Å². The maximum Gasteiger partial charge on any atom is 0.0471 e. The molecule has 2 unspecified atom stereocenters. The van der Waals surface area contributed by atoms with Crippen molar-refractivity contribution in [2.75, 3.05) is 6.61 Å². The van der Waals surface area contributed by atoms with Crippen LogP contribution in [0, 0.1) is 5.92 Å². The van der Waals surface area contributed by atoms with Crippen LogP contribution in [-0.4, -0.2) is 17.8 Å². The number of hydrogen-bond donors (Lipinski definition) is 2. The van der Waals surface area contributed by atoms with Gasteiger partial charge in [-0.15, -0.1) is 0 Å². The molecule has 2 heteroatoms. The zero-order valence-electron chi connectivity index (χ0n) is 10.5. The van der Waals surface area contributed by atoms with Gasteiger partial charge < -0.3 is 10.4 Å². The van der Waals surface area contributed by atoms with E-state index in [9.17, 15) is 0 Å². The van der Waals surface area contributed by atoms with Gasteiger partial charge in [0.15, 0.2) is 0 Å². The zero-order valence-corrected chi connectivity index (χ0v) is 10.5. The first-order valence-corrected chi connectivity index (χ1v) is 6.09. The van der Waals surface area contributed by atoms with Crippen LogP contribution in [0.1, 0.15) is 31.9 Å². The van der Waals surface area contributed by atoms with Crippen molar-refractivity contribution in [1.29, 1.82) is 0 Å². The van der Waals surface area contributed by atoms with Gasteiger partial charge in [0.25, 0.3) is 0 Å². The fourth-order valence-corrected chi connectivity index (χ4v) is 1.53. The van der Waals surface area contributed by atoms with E-state index < -0.39 is 0 Å². The van der Waals surface area contributed by atoms with Gasteiger partial charge in [-0.1, -0.05) is 38.1 Å². The Hall–Kier alpha value is -0.860. The molecule has 16 heavy (non-hydrogen) atoms. The van der Waals surface area contributed by atoms with Crippen LogP contribution in [-0.2, 0) is 13.0 Å². The molecule has 0 fully saturated rings. The number of aliphatic hydroxyl groups excluding tert-OH is 1. The Bertz CT molecular complexity index is 294. The van der Waals surface area contributed by atoms with E-state index in [1.165, 1.54) is 11.1 Å². The summed E-state index contributed by atoms with van der Waals surface area (Å²) in [5.74, 6) is 0.301. The largest absolute Gasteiger partial charge is 0.396 e. The van der Waals surface area contributed by atoms with E-state index in [-0.39, 0.29) is 6.61 Å². The molecule has 0 aromatic heterocycles. The number of aryl methyl sites for hydroxylation is 1. The number of hydrogen-bond acceptors (Lipinski definition) is 2. The lowest BCUT2D eigenvalue weighted by molar-refractivity contribution is 0.207. The van der Waals surface area contributed by atoms with Gasteiger partial charge in [-0.2, -0.15) is 0 Å². The minimum absolute atomic E-state index is 0.239. The van der Waals surface area contributed by atoms with Crippen molar-refractivity contribution >= 4 is 0 Å². The molecule has 0 radical (unpaired) electrons. The first-order chi connectivity index (χ1) is 7.67. The lowest BCUT2D eigenvalue weighted by Crippen LogP contribution is -2.33. The van der Waals surface area contributed by atoms with Crippen LogP contribution in [0.2, 0.25) is 0 Å². The number of benzene rings is 1. The molecule has 1 rings (SSSR count). The second-order valence-corrected chi connectivity index (χ2v) is 4.50. The van der Waals surface area contributed by atoms with Gasteiger partial charge >= 0.3 is 0 Å². The minimum Gasteiger partial charge on any atom is -0.396 e. The van der Waals surface area contributed by atoms with Gasteiger partial charge in [0.1, 0.15) is 0 Å². The maximum atomic E-state index is 9.03. The smallest absolute Gasteiger partial charge is 0.0471 e. The van der Waals surface area contributed by atoms with Crippen molar-refractivity contribution in [1.82, 2.24) is 5.32 Å². The van der Waals surface area contributed by atoms with Crippen LogP contribution in [0.5, 0.6) is 0 Å². The van der Waals surface area contributed by atoms with Crippen molar-refractivity contribution in [3.05, 3.63) is 35.4 Å². The van der Waals surface area contributed by atoms with E-state index in [1.54, 1.807) is 0 Å². The van der Waals surface area contributed by atoms with E-state index in [2.05, 4.69) is 50.4 Å². The summed E-state index contributed by atoms with van der Waals surface area (Å²) in [7, 11) is 0. The Morgan fingerprint density at radius 3 is 2.19 bits per heavy atom. The molecule has 0 aliphatic heterocycles. The Labute approximate surface area is 98.7 Å². The van der Waals surface area contributed by atoms with Gasteiger partial charge in [0.05, 0.1) is 0 Å². The molecular weight excluding hydrogens is 198 g/mol. The van der Waals surface area contributed by atoms with E-state index in [1.807, 2.05) is 0 Å². The molecule has 0 heterocycles. The quantitative estimate of drug-likeness (QED) is 0.773. The van der Waals surface area contributed by atoms with E-state index in [0.29, 0.717) is 12.0 Å². The third-order valence-electron chi connectivity index (χ3n) is 3.20. The Kier molecular flexibility index (Phi) is 5.50. The average molecular weight is 221 g/mol. The van der Waals surface area contributed by atoms with Crippen LogP contribution >= 0.6 is 0 Å². The Morgan fingerprint density at radius 1 is 1.12 bits per heavy atom. The molecular formula is C14H23NO. The molecule has 0 saturated heterocycles. The SMILES string of the molecule is CCc1ccc(CNC(C)C(C)CO)cc1. The van der Waals surface area contributed by atoms with Gasteiger partial charge in [-0.3, -0.25) is 0 Å². The summed E-state index contributed by atoms with van der Waals surface area (Å²) in [5, 5.41) is 12.5. The molecule has 1 aromatic rings. The lowest BCUT2D eigenvalue weighted by atomic mass is 10.0. The van der Waals surface area contributed by atoms with Crippen molar-refractivity contribution in [2.24, 2.45) is 5.92 Å². The van der Waals surface area contributed by atoms with Crippen LogP contribution in [0.25, 0.3) is 0 Å². The molecule has 0 spiro atoms. The number of nitrogens with one attached hydrogen (secondary N) is 1. The first kappa shape index (κ1) is 13.2. The van der Waals surface area contributed by atoms with E-state index in [4.69, 9.17) is 5.11 Å². The van der Waals surface area contributed by atoms with Crippen molar-refractivity contribution in [3.63, 3.8) is 0 Å². The molecule has 0 aliphatic carbocycles. The number of aliphatic hydroxyl groups is 1. The molecule has 1 aromatic carbocycles. The highest BCUT2D eigenvalue weighted by molar-refractivity contribution is 5.22. The summed E-state index contributed by atoms with van der Waals surface area (Å²) in [6, 6.07) is 9.04. The highest BCUT2D eigenvalue weighted by atomic mass is 16.3. The first-order valence-electron chi connectivity index (χ1n) is 6.09. The summed E-state index contributed by atoms with van der Waals surface area (Å²) < 4.78 is 0. The molecule has 90 valence electrons. The summed E-state index contributed by atoms with van der Waals surface area (Å²) >= 11 is 0. The summed E-state index contributed by atoms with van der Waals surface area (Å²) in [6.45, 7) is 7.44. The Morgan fingerprint density at radius 2 is 1.69 bits per heavy atom.